The van der Waals surface area contributed by atoms with Gasteiger partial charge in [0.05, 0.1) is 5.94 Å². The molecule has 10 nitrogen and oxygen atoms in total. The Kier molecular flexibility index (Phi) is 6.15. The zero-order chi connectivity index (χ0) is 22.9. The van der Waals surface area contributed by atoms with Crippen molar-refractivity contribution >= 4 is 29.5 Å². The number of nitrogens with two attached hydrogens (primary N) is 1. The van der Waals surface area contributed by atoms with Crippen molar-refractivity contribution in [3.8, 4) is 11.5 Å². The van der Waals surface area contributed by atoms with E-state index < -0.39 is 52.9 Å². The lowest BCUT2D eigenvalue weighted by atomic mass is 9.72. The van der Waals surface area contributed by atoms with Gasteiger partial charge in [-0.1, -0.05) is 22.1 Å². The first-order valence-corrected chi connectivity index (χ1v) is 9.96. The van der Waals surface area contributed by atoms with Crippen molar-refractivity contribution in [3.05, 3.63) is 58.9 Å². The van der Waals surface area contributed by atoms with Gasteiger partial charge in [0.2, 0.25) is 5.91 Å². The molecule has 0 unspecified atom stereocenters. The smallest absolute Gasteiger partial charge is 0.534 e. The quantitative estimate of drug-likeness (QED) is 0.352. The van der Waals surface area contributed by atoms with Gasteiger partial charge in [-0.05, 0) is 35.7 Å². The second-order valence-electron chi connectivity index (χ2n) is 6.57. The number of nitrogens with one attached hydrogen (secondary N) is 1. The van der Waals surface area contributed by atoms with Gasteiger partial charge in [0.1, 0.15) is 28.9 Å². The Balaban J connectivity index is 1.72. The summed E-state index contributed by atoms with van der Waals surface area (Å²) < 4.78 is 56.5. The van der Waals surface area contributed by atoms with Crippen molar-refractivity contribution in [2.45, 2.75) is 18.4 Å². The van der Waals surface area contributed by atoms with Gasteiger partial charge in [-0.3, -0.25) is 4.79 Å². The highest BCUT2D eigenvalue weighted by Gasteiger charge is 2.39. The number of fused-ring (bicyclic) bond motifs is 1. The first-order valence-electron chi connectivity index (χ1n) is 8.65. The van der Waals surface area contributed by atoms with Gasteiger partial charge in [-0.2, -0.15) is 8.42 Å². The second kappa shape index (κ2) is 8.49. The van der Waals surface area contributed by atoms with E-state index in [0.29, 0.717) is 0 Å². The molecule has 31 heavy (non-hydrogen) atoms. The molecule has 1 aliphatic heterocycles. The molecule has 5 N–H and O–H groups in total. The molecule has 14 heteroatoms. The summed E-state index contributed by atoms with van der Waals surface area (Å²) in [6.07, 6.45) is -0.0589. The molecule has 0 bridgehead atoms. The Morgan fingerprint density at radius 2 is 1.90 bits per heavy atom. The van der Waals surface area contributed by atoms with Gasteiger partial charge in [0.15, 0.2) is 0 Å². The monoisotopic (exact) mass is 456 g/mol. The van der Waals surface area contributed by atoms with Crippen LogP contribution in [0.25, 0.3) is 0 Å². The summed E-state index contributed by atoms with van der Waals surface area (Å²) in [6, 6.07) is 5.64. The summed E-state index contributed by atoms with van der Waals surface area (Å²) >= 11 is 0. The van der Waals surface area contributed by atoms with Crippen LogP contribution < -0.4 is 19.9 Å². The largest absolute Gasteiger partial charge is 0.547 e. The van der Waals surface area contributed by atoms with Gasteiger partial charge in [0.25, 0.3) is 0 Å². The lowest BCUT2D eigenvalue weighted by molar-refractivity contribution is -0.122. The normalized spacial score (nSPS) is 16.6. The fraction of sp³-hybridized carbons (Fsp3) is 0.176. The highest BCUT2D eigenvalue weighted by Crippen LogP contribution is 2.32. The zero-order valence-corrected chi connectivity index (χ0v) is 16.3. The molecule has 164 valence electrons. The molecule has 0 fully saturated rings. The Bertz CT molecular complexity index is 1130. The van der Waals surface area contributed by atoms with Crippen molar-refractivity contribution in [1.29, 1.82) is 0 Å². The van der Waals surface area contributed by atoms with E-state index in [4.69, 9.17) is 15.5 Å². The number of halogens is 2. The minimum absolute atomic E-state index is 0.0589. The Hall–Kier alpha value is -3.23. The van der Waals surface area contributed by atoms with E-state index in [1.165, 1.54) is 18.2 Å². The highest BCUT2D eigenvalue weighted by atomic mass is 32.3. The minimum atomic E-state index is -5.20. The third-order valence-corrected chi connectivity index (χ3v) is 4.86. The molecule has 2 atom stereocenters. The average molecular weight is 456 g/mol. The van der Waals surface area contributed by atoms with Crippen molar-refractivity contribution in [1.82, 2.24) is 5.32 Å². The SMILES string of the molecule is N[C@@H](C(=O)N[C@H]1Cc2ccc(F)c(C(=O)O)c2OB1O)c1ccc(OS(=O)(=O)F)cc1. The molecule has 2 aromatic rings. The number of hydrogen-bond acceptors (Lipinski definition) is 8. The van der Waals surface area contributed by atoms with Gasteiger partial charge in [-0.15, -0.1) is 0 Å². The molecule has 0 radical (unpaired) electrons. The third-order valence-electron chi connectivity index (χ3n) is 4.47. The summed E-state index contributed by atoms with van der Waals surface area (Å²) in [7, 11) is -6.87. The van der Waals surface area contributed by atoms with Crippen molar-refractivity contribution in [3.63, 3.8) is 0 Å². The van der Waals surface area contributed by atoms with Crippen LogP contribution in [0.2, 0.25) is 0 Å². The molecule has 0 spiro atoms. The number of benzene rings is 2. The molecule has 0 saturated heterocycles. The molecule has 2 aromatic carbocycles. The predicted octanol–water partition coefficient (Wildman–Crippen LogP) is 0.256. The number of carboxylic acids is 1. The van der Waals surface area contributed by atoms with Crippen molar-refractivity contribution in [2.75, 3.05) is 0 Å². The van der Waals surface area contributed by atoms with E-state index in [9.17, 15) is 31.3 Å². The van der Waals surface area contributed by atoms with Gasteiger partial charge in [0, 0.05) is 0 Å². The summed E-state index contributed by atoms with van der Waals surface area (Å²) in [5, 5.41) is 21.8. The van der Waals surface area contributed by atoms with E-state index in [1.807, 2.05) is 0 Å². The van der Waals surface area contributed by atoms with Gasteiger partial charge < -0.3 is 30.0 Å². The highest BCUT2D eigenvalue weighted by molar-refractivity contribution is 7.81. The molecular weight excluding hydrogens is 441 g/mol. The Morgan fingerprint density at radius 3 is 2.48 bits per heavy atom. The molecule has 0 saturated carbocycles. The number of carbonyl (C=O) groups excluding carboxylic acids is 1. The van der Waals surface area contributed by atoms with Crippen molar-refractivity contribution < 1.29 is 45.3 Å². The molecule has 1 heterocycles. The van der Waals surface area contributed by atoms with E-state index in [1.54, 1.807) is 0 Å². The number of amides is 1. The number of carboxylic acid groups (broad SMARTS) is 1. The number of aromatic carboxylic acids is 1. The van der Waals surface area contributed by atoms with Crippen LogP contribution in [-0.4, -0.2) is 43.5 Å². The molecule has 3 rings (SSSR count). The van der Waals surface area contributed by atoms with E-state index in [0.717, 1.165) is 18.2 Å². The topological polar surface area (TPSA) is 165 Å². The summed E-state index contributed by atoms with van der Waals surface area (Å²) in [4.78, 5) is 23.7. The fourth-order valence-corrected chi connectivity index (χ4v) is 3.37. The molecule has 1 amide bonds. The maximum atomic E-state index is 13.8. The summed E-state index contributed by atoms with van der Waals surface area (Å²) in [5.74, 6) is -5.02. The van der Waals surface area contributed by atoms with E-state index in [-0.39, 0.29) is 29.0 Å². The Morgan fingerprint density at radius 1 is 1.26 bits per heavy atom. The van der Waals surface area contributed by atoms with Crippen LogP contribution in [0.15, 0.2) is 36.4 Å². The van der Waals surface area contributed by atoms with Crippen LogP contribution in [0.5, 0.6) is 11.5 Å². The maximum absolute atomic E-state index is 13.8. The van der Waals surface area contributed by atoms with Gasteiger partial charge >= 0.3 is 23.6 Å². The van der Waals surface area contributed by atoms with Crippen LogP contribution in [-0.2, 0) is 21.7 Å². The number of hydrogen-bond donors (Lipinski definition) is 4. The van der Waals surface area contributed by atoms with Crippen molar-refractivity contribution in [2.24, 2.45) is 5.73 Å². The fourth-order valence-electron chi connectivity index (χ4n) is 3.03. The van der Waals surface area contributed by atoms with Gasteiger partial charge in [-0.25, -0.2) is 9.18 Å². The molecule has 1 aliphatic rings. The lowest BCUT2D eigenvalue weighted by Gasteiger charge is -2.29. The van der Waals surface area contributed by atoms with Crippen LogP contribution in [0, 0.1) is 5.82 Å². The second-order valence-corrected chi connectivity index (χ2v) is 7.52. The third kappa shape index (κ3) is 5.10. The predicted molar refractivity (Wildman–Crippen MR) is 102 cm³/mol. The number of rotatable bonds is 6. The first-order chi connectivity index (χ1) is 14.5. The minimum Gasteiger partial charge on any atom is -0.534 e. The molecular formula is C17H15BF2N2O8S. The lowest BCUT2D eigenvalue weighted by Crippen LogP contribution is -2.54. The van der Waals surface area contributed by atoms with Crippen LogP contribution in [0.1, 0.15) is 27.5 Å². The van der Waals surface area contributed by atoms with E-state index in [2.05, 4.69) is 9.50 Å². The van der Waals surface area contributed by atoms with Crippen LogP contribution in [0.4, 0.5) is 8.28 Å². The molecule has 0 aromatic heterocycles. The number of carbonyl (C=O) groups is 2. The maximum Gasteiger partial charge on any atom is 0.547 e. The molecule has 0 aliphatic carbocycles. The zero-order valence-electron chi connectivity index (χ0n) is 15.5. The van der Waals surface area contributed by atoms with Crippen LogP contribution >= 0.6 is 0 Å². The Labute approximate surface area is 175 Å². The summed E-state index contributed by atoms with van der Waals surface area (Å²) in [5.41, 5.74) is 5.62. The first kappa shape index (κ1) is 22.5. The summed E-state index contributed by atoms with van der Waals surface area (Å²) in [6.45, 7) is 0. The van der Waals surface area contributed by atoms with E-state index >= 15 is 0 Å². The standard InChI is InChI=1S/C17H15BF2N2O8S/c19-11-6-3-9-7-12(18(26)29-15(9)13(11)17(24)25)22-16(23)14(21)8-1-4-10(5-2-8)30-31(20,27)28/h1-6,12,14,26H,7,21H2,(H,22,23)(H,24,25)/t12-,14+/m0/s1. The van der Waals surface area contributed by atoms with Crippen LogP contribution in [0.3, 0.4) is 0 Å². The average Bonchev–Trinajstić information content (AvgIpc) is 2.67.